The number of hydrogen-bond donors (Lipinski definition) is 2. The third kappa shape index (κ3) is 3.64. The largest absolute Gasteiger partial charge is 0.450 e. The summed E-state index contributed by atoms with van der Waals surface area (Å²) in [6, 6.07) is 0. The highest BCUT2D eigenvalue weighted by atomic mass is 16.6. The van der Waals surface area contributed by atoms with E-state index in [0.717, 1.165) is 19.3 Å². The second-order valence-corrected chi connectivity index (χ2v) is 4.18. The van der Waals surface area contributed by atoms with Gasteiger partial charge in [-0.3, -0.25) is 0 Å². The minimum absolute atomic E-state index is 0.212. The van der Waals surface area contributed by atoms with Crippen molar-refractivity contribution >= 4 is 6.09 Å². The van der Waals surface area contributed by atoms with Crippen molar-refractivity contribution in [3.05, 3.63) is 0 Å². The van der Waals surface area contributed by atoms with Gasteiger partial charge in [-0.1, -0.05) is 0 Å². The molecular formula is C11H22N2O3. The van der Waals surface area contributed by atoms with E-state index in [0.29, 0.717) is 26.2 Å². The Balaban J connectivity index is 2.42. The van der Waals surface area contributed by atoms with Crippen LogP contribution in [0.2, 0.25) is 0 Å². The Kier molecular flexibility index (Phi) is 5.55. The molecule has 0 bridgehead atoms. The Morgan fingerprint density at radius 3 is 2.94 bits per heavy atom. The molecule has 0 spiro atoms. The molecular weight excluding hydrogens is 208 g/mol. The van der Waals surface area contributed by atoms with Crippen molar-refractivity contribution < 1.29 is 14.6 Å². The number of likely N-dealkylation sites (tertiary alicyclic amines) is 1. The molecule has 0 aromatic carbocycles. The molecule has 1 aliphatic rings. The zero-order valence-corrected chi connectivity index (χ0v) is 9.89. The van der Waals surface area contributed by atoms with Gasteiger partial charge in [0, 0.05) is 19.6 Å². The fourth-order valence-electron chi connectivity index (χ4n) is 2.10. The molecule has 0 radical (unpaired) electrons. The van der Waals surface area contributed by atoms with E-state index in [2.05, 4.69) is 0 Å². The first-order valence-corrected chi connectivity index (χ1v) is 5.98. The van der Waals surface area contributed by atoms with Crippen LogP contribution in [-0.4, -0.2) is 48.4 Å². The SMILES string of the molecule is CCOC(=O)N1CCCC(C(O)CN)CC1. The molecule has 94 valence electrons. The average molecular weight is 230 g/mol. The second-order valence-electron chi connectivity index (χ2n) is 4.18. The smallest absolute Gasteiger partial charge is 0.409 e. The molecule has 3 N–H and O–H groups in total. The van der Waals surface area contributed by atoms with Crippen molar-refractivity contribution in [3.63, 3.8) is 0 Å². The summed E-state index contributed by atoms with van der Waals surface area (Å²) in [5.74, 6) is 0.212. The Morgan fingerprint density at radius 2 is 2.31 bits per heavy atom. The summed E-state index contributed by atoms with van der Waals surface area (Å²) in [7, 11) is 0. The standard InChI is InChI=1S/C11H22N2O3/c1-2-16-11(15)13-6-3-4-9(5-7-13)10(14)8-12/h9-10,14H,2-8,12H2,1H3. The summed E-state index contributed by atoms with van der Waals surface area (Å²) in [5.41, 5.74) is 5.44. The van der Waals surface area contributed by atoms with Crippen LogP contribution < -0.4 is 5.73 Å². The fourth-order valence-corrected chi connectivity index (χ4v) is 2.10. The highest BCUT2D eigenvalue weighted by Crippen LogP contribution is 2.20. The highest BCUT2D eigenvalue weighted by Gasteiger charge is 2.24. The predicted octanol–water partition coefficient (Wildman–Crippen LogP) is 0.565. The third-order valence-electron chi connectivity index (χ3n) is 3.08. The van der Waals surface area contributed by atoms with Gasteiger partial charge in [0.25, 0.3) is 0 Å². The van der Waals surface area contributed by atoms with Crippen LogP contribution in [0.4, 0.5) is 4.79 Å². The quantitative estimate of drug-likeness (QED) is 0.743. The van der Waals surface area contributed by atoms with Crippen LogP contribution in [0.15, 0.2) is 0 Å². The minimum atomic E-state index is -0.442. The molecule has 1 amide bonds. The molecule has 1 aliphatic heterocycles. The van der Waals surface area contributed by atoms with Crippen LogP contribution in [0.1, 0.15) is 26.2 Å². The molecule has 0 aromatic rings. The molecule has 1 fully saturated rings. The number of amides is 1. The first-order chi connectivity index (χ1) is 7.69. The molecule has 5 nitrogen and oxygen atoms in total. The lowest BCUT2D eigenvalue weighted by Crippen LogP contribution is -2.33. The van der Waals surface area contributed by atoms with E-state index in [1.54, 1.807) is 11.8 Å². The van der Waals surface area contributed by atoms with Crippen molar-refractivity contribution in [2.45, 2.75) is 32.3 Å². The number of nitrogens with two attached hydrogens (primary N) is 1. The number of nitrogens with zero attached hydrogens (tertiary/aromatic N) is 1. The third-order valence-corrected chi connectivity index (χ3v) is 3.08. The first kappa shape index (κ1) is 13.3. The normalized spacial score (nSPS) is 23.7. The van der Waals surface area contributed by atoms with Gasteiger partial charge in [0.2, 0.25) is 0 Å². The van der Waals surface area contributed by atoms with Crippen molar-refractivity contribution in [1.29, 1.82) is 0 Å². The van der Waals surface area contributed by atoms with Crippen LogP contribution >= 0.6 is 0 Å². The summed E-state index contributed by atoms with van der Waals surface area (Å²) < 4.78 is 4.96. The number of carbonyl (C=O) groups is 1. The predicted molar refractivity (Wildman–Crippen MR) is 61.0 cm³/mol. The maximum atomic E-state index is 11.5. The number of carbonyl (C=O) groups excluding carboxylic acids is 1. The van der Waals surface area contributed by atoms with Crippen molar-refractivity contribution in [3.8, 4) is 0 Å². The van der Waals surface area contributed by atoms with E-state index < -0.39 is 6.10 Å². The maximum absolute atomic E-state index is 11.5. The van der Waals surface area contributed by atoms with Gasteiger partial charge in [0.15, 0.2) is 0 Å². The van der Waals surface area contributed by atoms with Crippen LogP contribution in [-0.2, 0) is 4.74 Å². The second kappa shape index (κ2) is 6.70. The van der Waals surface area contributed by atoms with Crippen LogP contribution in [0.5, 0.6) is 0 Å². The van der Waals surface area contributed by atoms with Gasteiger partial charge in [-0.25, -0.2) is 4.79 Å². The number of aliphatic hydroxyl groups is 1. The van der Waals surface area contributed by atoms with Crippen LogP contribution in [0.25, 0.3) is 0 Å². The topological polar surface area (TPSA) is 75.8 Å². The molecule has 2 atom stereocenters. The van der Waals surface area contributed by atoms with Gasteiger partial charge < -0.3 is 20.5 Å². The van der Waals surface area contributed by atoms with Crippen molar-refractivity contribution in [1.82, 2.24) is 4.90 Å². The first-order valence-electron chi connectivity index (χ1n) is 5.98. The van der Waals surface area contributed by atoms with Gasteiger partial charge in [0.05, 0.1) is 12.7 Å². The molecule has 16 heavy (non-hydrogen) atoms. The number of rotatable bonds is 3. The highest BCUT2D eigenvalue weighted by molar-refractivity contribution is 5.67. The average Bonchev–Trinajstić information content (AvgIpc) is 2.53. The monoisotopic (exact) mass is 230 g/mol. The van der Waals surface area contributed by atoms with E-state index >= 15 is 0 Å². The molecule has 1 heterocycles. The van der Waals surface area contributed by atoms with Gasteiger partial charge in [-0.2, -0.15) is 0 Å². The van der Waals surface area contributed by atoms with Crippen LogP contribution in [0, 0.1) is 5.92 Å². The Labute approximate surface area is 96.6 Å². The zero-order chi connectivity index (χ0) is 12.0. The summed E-state index contributed by atoms with van der Waals surface area (Å²) >= 11 is 0. The van der Waals surface area contributed by atoms with Crippen molar-refractivity contribution in [2.75, 3.05) is 26.2 Å². The Bertz CT molecular complexity index is 223. The Hall–Kier alpha value is -0.810. The van der Waals surface area contributed by atoms with E-state index in [-0.39, 0.29) is 12.0 Å². The molecule has 1 rings (SSSR count). The van der Waals surface area contributed by atoms with Gasteiger partial charge in [-0.05, 0) is 32.1 Å². The lowest BCUT2D eigenvalue weighted by atomic mass is 9.94. The Morgan fingerprint density at radius 1 is 1.56 bits per heavy atom. The van der Waals surface area contributed by atoms with Gasteiger partial charge in [-0.15, -0.1) is 0 Å². The minimum Gasteiger partial charge on any atom is -0.450 e. The van der Waals surface area contributed by atoms with E-state index in [1.807, 2.05) is 0 Å². The fraction of sp³-hybridized carbons (Fsp3) is 0.909. The molecule has 0 aromatic heterocycles. The number of hydrogen-bond acceptors (Lipinski definition) is 4. The summed E-state index contributed by atoms with van der Waals surface area (Å²) in [6.07, 6.45) is 1.94. The molecule has 5 heteroatoms. The van der Waals surface area contributed by atoms with Gasteiger partial charge >= 0.3 is 6.09 Å². The molecule has 2 unspecified atom stereocenters. The van der Waals surface area contributed by atoms with E-state index in [9.17, 15) is 9.90 Å². The van der Waals surface area contributed by atoms with Crippen molar-refractivity contribution in [2.24, 2.45) is 11.7 Å². The molecule has 0 saturated carbocycles. The maximum Gasteiger partial charge on any atom is 0.409 e. The van der Waals surface area contributed by atoms with Crippen LogP contribution in [0.3, 0.4) is 0 Å². The molecule has 1 saturated heterocycles. The van der Waals surface area contributed by atoms with E-state index in [1.165, 1.54) is 0 Å². The summed E-state index contributed by atoms with van der Waals surface area (Å²) in [5, 5.41) is 9.68. The lowest BCUT2D eigenvalue weighted by Gasteiger charge is -2.21. The number of aliphatic hydroxyl groups excluding tert-OH is 1. The summed E-state index contributed by atoms with van der Waals surface area (Å²) in [6.45, 7) is 3.87. The van der Waals surface area contributed by atoms with E-state index in [4.69, 9.17) is 10.5 Å². The zero-order valence-electron chi connectivity index (χ0n) is 9.89. The van der Waals surface area contributed by atoms with Gasteiger partial charge in [0.1, 0.15) is 0 Å². The molecule has 0 aliphatic carbocycles. The summed E-state index contributed by atoms with van der Waals surface area (Å²) in [4.78, 5) is 13.2. The lowest BCUT2D eigenvalue weighted by molar-refractivity contribution is 0.0968. The number of ether oxygens (including phenoxy) is 1.